The lowest BCUT2D eigenvalue weighted by Gasteiger charge is -2.18. The predicted molar refractivity (Wildman–Crippen MR) is 101 cm³/mol. The fourth-order valence-electron chi connectivity index (χ4n) is 3.40. The van der Waals surface area contributed by atoms with Gasteiger partial charge in [0.05, 0.1) is 6.04 Å². The van der Waals surface area contributed by atoms with Crippen LogP contribution in [-0.4, -0.2) is 6.36 Å². The first-order chi connectivity index (χ1) is 12.9. The molecule has 0 spiro atoms. The minimum atomic E-state index is -4.71. The van der Waals surface area contributed by atoms with E-state index in [1.165, 1.54) is 12.1 Å². The Labute approximate surface area is 154 Å². The first-order valence-corrected chi connectivity index (χ1v) is 8.44. The molecule has 2 nitrogen and oxygen atoms in total. The molecule has 0 radical (unpaired) electrons. The lowest BCUT2D eigenvalue weighted by molar-refractivity contribution is -0.274. The predicted octanol–water partition coefficient (Wildman–Crippen LogP) is 5.94. The van der Waals surface area contributed by atoms with Crippen LogP contribution in [0.1, 0.15) is 17.2 Å². The van der Waals surface area contributed by atoms with Gasteiger partial charge in [0.25, 0.3) is 0 Å². The quantitative estimate of drug-likeness (QED) is 0.455. The van der Waals surface area contributed by atoms with Crippen LogP contribution in [0, 0.1) is 0 Å². The number of ether oxygens (including phenoxy) is 1. The number of benzene rings is 4. The average molecular weight is 367 g/mol. The van der Waals surface area contributed by atoms with E-state index in [1.807, 2.05) is 48.5 Å². The Morgan fingerprint density at radius 3 is 2.00 bits per heavy atom. The molecule has 0 fully saturated rings. The van der Waals surface area contributed by atoms with Gasteiger partial charge in [-0.25, -0.2) is 0 Å². The van der Waals surface area contributed by atoms with Crippen LogP contribution in [0.2, 0.25) is 0 Å². The highest BCUT2D eigenvalue weighted by molar-refractivity contribution is 6.09. The van der Waals surface area contributed by atoms with Gasteiger partial charge in [-0.1, -0.05) is 60.7 Å². The lowest BCUT2D eigenvalue weighted by Crippen LogP contribution is -2.17. The van der Waals surface area contributed by atoms with Crippen molar-refractivity contribution < 1.29 is 17.9 Å². The molecule has 0 aliphatic heterocycles. The molecule has 0 saturated carbocycles. The van der Waals surface area contributed by atoms with Crippen LogP contribution in [0.5, 0.6) is 5.75 Å². The Hall–Kier alpha value is -3.05. The third kappa shape index (κ3) is 3.46. The summed E-state index contributed by atoms with van der Waals surface area (Å²) in [4.78, 5) is 0. The Kier molecular flexibility index (Phi) is 4.24. The normalized spacial score (nSPS) is 13.0. The smallest absolute Gasteiger partial charge is 0.406 e. The Bertz CT molecular complexity index is 1100. The topological polar surface area (TPSA) is 35.2 Å². The van der Waals surface area contributed by atoms with E-state index in [-0.39, 0.29) is 5.75 Å². The molecular formula is C22H16F3NO. The van der Waals surface area contributed by atoms with Crippen molar-refractivity contribution in [2.24, 2.45) is 5.73 Å². The van der Waals surface area contributed by atoms with Crippen molar-refractivity contribution in [2.75, 3.05) is 0 Å². The number of nitrogens with two attached hydrogens (primary N) is 1. The summed E-state index contributed by atoms with van der Waals surface area (Å²) in [7, 11) is 0. The molecule has 1 atom stereocenters. The summed E-state index contributed by atoms with van der Waals surface area (Å²) < 4.78 is 41.0. The van der Waals surface area contributed by atoms with Crippen LogP contribution >= 0.6 is 0 Å². The number of alkyl halides is 3. The number of rotatable bonds is 3. The van der Waals surface area contributed by atoms with Crippen molar-refractivity contribution in [3.05, 3.63) is 90.0 Å². The molecule has 4 rings (SSSR count). The maximum absolute atomic E-state index is 12.3. The van der Waals surface area contributed by atoms with E-state index in [1.54, 1.807) is 12.1 Å². The summed E-state index contributed by atoms with van der Waals surface area (Å²) in [5, 5.41) is 4.33. The van der Waals surface area contributed by atoms with Gasteiger partial charge in [0.1, 0.15) is 5.75 Å². The molecule has 27 heavy (non-hydrogen) atoms. The highest BCUT2D eigenvalue weighted by Crippen LogP contribution is 2.34. The molecular weight excluding hydrogens is 351 g/mol. The van der Waals surface area contributed by atoms with Crippen LogP contribution in [0.3, 0.4) is 0 Å². The molecule has 0 saturated heterocycles. The minimum Gasteiger partial charge on any atom is -0.406 e. The summed E-state index contributed by atoms with van der Waals surface area (Å²) in [5.41, 5.74) is 8.13. The molecule has 136 valence electrons. The van der Waals surface area contributed by atoms with E-state index in [2.05, 4.69) is 10.8 Å². The highest BCUT2D eigenvalue weighted by atomic mass is 19.4. The van der Waals surface area contributed by atoms with E-state index < -0.39 is 12.4 Å². The molecule has 0 heterocycles. The maximum Gasteiger partial charge on any atom is 0.573 e. The Morgan fingerprint density at radius 2 is 1.33 bits per heavy atom. The van der Waals surface area contributed by atoms with Gasteiger partial charge in [-0.3, -0.25) is 0 Å². The van der Waals surface area contributed by atoms with Gasteiger partial charge in [-0.15, -0.1) is 13.2 Å². The zero-order valence-corrected chi connectivity index (χ0v) is 14.2. The second-order valence-electron chi connectivity index (χ2n) is 6.33. The first-order valence-electron chi connectivity index (χ1n) is 8.44. The summed E-state index contributed by atoms with van der Waals surface area (Å²) in [5.74, 6) is -0.262. The summed E-state index contributed by atoms with van der Waals surface area (Å²) in [6.07, 6.45) is -4.71. The molecule has 4 aromatic rings. The van der Waals surface area contributed by atoms with Crippen molar-refractivity contribution in [1.29, 1.82) is 0 Å². The van der Waals surface area contributed by atoms with Crippen molar-refractivity contribution in [1.82, 2.24) is 0 Å². The minimum absolute atomic E-state index is 0.262. The summed E-state index contributed by atoms with van der Waals surface area (Å²) in [6.45, 7) is 0. The molecule has 0 aliphatic carbocycles. The maximum atomic E-state index is 12.3. The van der Waals surface area contributed by atoms with Gasteiger partial charge >= 0.3 is 6.36 Å². The van der Waals surface area contributed by atoms with Crippen LogP contribution < -0.4 is 10.5 Å². The fourth-order valence-corrected chi connectivity index (χ4v) is 3.40. The van der Waals surface area contributed by atoms with Gasteiger partial charge in [0.15, 0.2) is 0 Å². The Balaban J connectivity index is 1.79. The molecule has 5 heteroatoms. The molecule has 4 aromatic carbocycles. The van der Waals surface area contributed by atoms with Gasteiger partial charge < -0.3 is 10.5 Å². The lowest BCUT2D eigenvalue weighted by atomic mass is 9.91. The largest absolute Gasteiger partial charge is 0.573 e. The van der Waals surface area contributed by atoms with Crippen molar-refractivity contribution >= 4 is 21.5 Å². The van der Waals surface area contributed by atoms with E-state index in [0.717, 1.165) is 27.1 Å². The van der Waals surface area contributed by atoms with Crippen LogP contribution in [-0.2, 0) is 0 Å². The first kappa shape index (κ1) is 17.4. The van der Waals surface area contributed by atoms with Gasteiger partial charge in [0, 0.05) is 0 Å². The number of hydrogen-bond acceptors (Lipinski definition) is 2. The van der Waals surface area contributed by atoms with Crippen LogP contribution in [0.25, 0.3) is 21.5 Å². The van der Waals surface area contributed by atoms with Crippen LogP contribution in [0.4, 0.5) is 13.2 Å². The van der Waals surface area contributed by atoms with E-state index in [4.69, 9.17) is 5.73 Å². The van der Waals surface area contributed by atoms with E-state index in [9.17, 15) is 13.2 Å². The van der Waals surface area contributed by atoms with Crippen molar-refractivity contribution in [2.45, 2.75) is 12.4 Å². The third-order valence-electron chi connectivity index (χ3n) is 4.61. The monoisotopic (exact) mass is 367 g/mol. The van der Waals surface area contributed by atoms with Gasteiger partial charge in [0.2, 0.25) is 0 Å². The fraction of sp³-hybridized carbons (Fsp3) is 0.0909. The van der Waals surface area contributed by atoms with E-state index >= 15 is 0 Å². The number of hydrogen-bond donors (Lipinski definition) is 1. The highest BCUT2D eigenvalue weighted by Gasteiger charge is 2.31. The van der Waals surface area contributed by atoms with Gasteiger partial charge in [-0.05, 0) is 50.9 Å². The SMILES string of the molecule is N[C@H](c1ccc(OC(F)(F)F)cc1)c1cc2ccccc2c2ccccc12. The van der Waals surface area contributed by atoms with Crippen molar-refractivity contribution in [3.8, 4) is 5.75 Å². The zero-order valence-electron chi connectivity index (χ0n) is 14.2. The third-order valence-corrected chi connectivity index (χ3v) is 4.61. The standard InChI is InChI=1S/C22H16F3NO/c23-22(24,25)27-16-11-9-14(10-12-16)21(26)20-13-15-5-1-2-6-17(15)18-7-3-4-8-19(18)20/h1-13,21H,26H2/t21-/m1/s1. The average Bonchev–Trinajstić information content (AvgIpc) is 2.66. The number of fused-ring (bicyclic) bond motifs is 3. The van der Waals surface area contributed by atoms with Crippen molar-refractivity contribution in [3.63, 3.8) is 0 Å². The van der Waals surface area contributed by atoms with Crippen LogP contribution in [0.15, 0.2) is 78.9 Å². The summed E-state index contributed by atoms with van der Waals surface area (Å²) >= 11 is 0. The second-order valence-corrected chi connectivity index (χ2v) is 6.33. The molecule has 2 N–H and O–H groups in total. The number of halogens is 3. The molecule has 0 aliphatic rings. The molecule has 0 aromatic heterocycles. The summed E-state index contributed by atoms with van der Waals surface area (Å²) in [6, 6.07) is 23.3. The molecule has 0 unspecified atom stereocenters. The van der Waals surface area contributed by atoms with E-state index in [0.29, 0.717) is 5.56 Å². The second kappa shape index (κ2) is 6.59. The van der Waals surface area contributed by atoms with Gasteiger partial charge in [-0.2, -0.15) is 0 Å². The Morgan fingerprint density at radius 1 is 0.741 bits per heavy atom. The zero-order chi connectivity index (χ0) is 19.0. The molecule has 0 bridgehead atoms. The molecule has 0 amide bonds.